The number of nitrogens with two attached hydrogens (primary N) is 1. The third-order valence-corrected chi connectivity index (χ3v) is 2.54. The van der Waals surface area contributed by atoms with Crippen molar-refractivity contribution in [1.29, 1.82) is 5.41 Å². The molecule has 0 aliphatic carbocycles. The zero-order chi connectivity index (χ0) is 10.8. The van der Waals surface area contributed by atoms with Crippen molar-refractivity contribution in [3.8, 4) is 0 Å². The molecule has 0 radical (unpaired) electrons. The van der Waals surface area contributed by atoms with Gasteiger partial charge in [0.2, 0.25) is 0 Å². The molecule has 0 amide bonds. The highest BCUT2D eigenvalue weighted by molar-refractivity contribution is 5.99. The number of amidine groups is 1. The number of aromatic nitrogens is 1. The Morgan fingerprint density at radius 3 is 3.07 bits per heavy atom. The molecule has 1 saturated heterocycles. The molecule has 1 unspecified atom stereocenters. The van der Waals surface area contributed by atoms with Gasteiger partial charge in [0, 0.05) is 19.3 Å². The first kappa shape index (κ1) is 9.92. The quantitative estimate of drug-likeness (QED) is 0.467. The molecule has 1 aliphatic rings. The summed E-state index contributed by atoms with van der Waals surface area (Å²) in [4.78, 5) is 6.17. The van der Waals surface area contributed by atoms with E-state index >= 15 is 0 Å². The van der Waals surface area contributed by atoms with Crippen LogP contribution in [-0.4, -0.2) is 35.1 Å². The molecule has 1 aromatic rings. The normalized spacial score (nSPS) is 20.6. The number of nitrogens with one attached hydrogen (secondary N) is 1. The van der Waals surface area contributed by atoms with E-state index in [1.165, 1.54) is 0 Å². The Hall–Kier alpha value is -1.62. The Bertz CT molecular complexity index is 379. The van der Waals surface area contributed by atoms with E-state index in [9.17, 15) is 5.11 Å². The Morgan fingerprint density at radius 2 is 2.47 bits per heavy atom. The standard InChI is InChI=1S/C10H14N4O/c11-9(12)8-2-1-4-13-10(8)14-5-3-7(15)6-14/h1-2,4,7,15H,3,5-6H2,(H3,11,12). The Kier molecular flexibility index (Phi) is 2.55. The van der Waals surface area contributed by atoms with Gasteiger partial charge >= 0.3 is 0 Å². The molecule has 2 rings (SSSR count). The lowest BCUT2D eigenvalue weighted by Gasteiger charge is -2.19. The van der Waals surface area contributed by atoms with Gasteiger partial charge in [0.1, 0.15) is 11.7 Å². The van der Waals surface area contributed by atoms with Crippen LogP contribution < -0.4 is 10.6 Å². The number of aliphatic hydroxyl groups is 1. The molecular formula is C10H14N4O. The molecule has 0 aromatic carbocycles. The number of hydrogen-bond acceptors (Lipinski definition) is 4. The van der Waals surface area contributed by atoms with Crippen molar-refractivity contribution >= 4 is 11.7 Å². The number of hydrogen-bond donors (Lipinski definition) is 3. The third kappa shape index (κ3) is 1.92. The highest BCUT2D eigenvalue weighted by Gasteiger charge is 2.23. The number of anilines is 1. The maximum absolute atomic E-state index is 9.44. The van der Waals surface area contributed by atoms with Crippen molar-refractivity contribution in [1.82, 2.24) is 4.98 Å². The summed E-state index contributed by atoms with van der Waals surface area (Å²) in [7, 11) is 0. The molecule has 5 heteroatoms. The van der Waals surface area contributed by atoms with Crippen LogP contribution in [0.1, 0.15) is 12.0 Å². The first-order chi connectivity index (χ1) is 7.18. The molecule has 80 valence electrons. The van der Waals surface area contributed by atoms with Crippen LogP contribution in [0, 0.1) is 5.41 Å². The van der Waals surface area contributed by atoms with Gasteiger partial charge in [-0.3, -0.25) is 5.41 Å². The second-order valence-electron chi connectivity index (χ2n) is 3.68. The van der Waals surface area contributed by atoms with E-state index in [0.29, 0.717) is 17.9 Å². The van der Waals surface area contributed by atoms with Gasteiger partial charge in [-0.1, -0.05) is 0 Å². The summed E-state index contributed by atoms with van der Waals surface area (Å²) in [5.41, 5.74) is 6.10. The number of aliphatic hydroxyl groups excluding tert-OH is 1. The minimum atomic E-state index is -0.299. The minimum Gasteiger partial charge on any atom is -0.391 e. The summed E-state index contributed by atoms with van der Waals surface area (Å²) in [6.45, 7) is 1.33. The monoisotopic (exact) mass is 206 g/mol. The van der Waals surface area contributed by atoms with Crippen molar-refractivity contribution in [2.75, 3.05) is 18.0 Å². The molecule has 1 fully saturated rings. The van der Waals surface area contributed by atoms with Crippen molar-refractivity contribution < 1.29 is 5.11 Å². The van der Waals surface area contributed by atoms with Crippen molar-refractivity contribution in [2.24, 2.45) is 5.73 Å². The highest BCUT2D eigenvalue weighted by Crippen LogP contribution is 2.21. The third-order valence-electron chi connectivity index (χ3n) is 2.54. The maximum Gasteiger partial charge on any atom is 0.139 e. The first-order valence-corrected chi connectivity index (χ1v) is 4.91. The lowest BCUT2D eigenvalue weighted by atomic mass is 10.2. The molecule has 1 atom stereocenters. The fourth-order valence-electron chi connectivity index (χ4n) is 1.79. The van der Waals surface area contributed by atoms with E-state index in [2.05, 4.69) is 4.98 Å². The lowest BCUT2D eigenvalue weighted by Crippen LogP contribution is -2.26. The summed E-state index contributed by atoms with van der Waals surface area (Å²) in [6, 6.07) is 3.53. The number of nitrogen functional groups attached to an aromatic ring is 1. The topological polar surface area (TPSA) is 86.2 Å². The molecule has 1 aromatic heterocycles. The van der Waals surface area contributed by atoms with Crippen LogP contribution in [0.25, 0.3) is 0 Å². The summed E-state index contributed by atoms with van der Waals surface area (Å²) in [5, 5.41) is 16.9. The number of rotatable bonds is 2. The number of nitrogens with zero attached hydrogens (tertiary/aromatic N) is 2. The molecule has 15 heavy (non-hydrogen) atoms. The predicted molar refractivity (Wildman–Crippen MR) is 58.1 cm³/mol. The molecule has 0 spiro atoms. The van der Waals surface area contributed by atoms with Crippen molar-refractivity contribution in [3.05, 3.63) is 23.9 Å². The van der Waals surface area contributed by atoms with Crippen LogP contribution in [-0.2, 0) is 0 Å². The van der Waals surface area contributed by atoms with E-state index in [1.807, 2.05) is 4.90 Å². The summed E-state index contributed by atoms with van der Waals surface area (Å²) in [5.74, 6) is 0.709. The minimum absolute atomic E-state index is 0.0134. The first-order valence-electron chi connectivity index (χ1n) is 4.91. The van der Waals surface area contributed by atoms with Gasteiger partial charge in [-0.2, -0.15) is 0 Å². The van der Waals surface area contributed by atoms with Gasteiger partial charge in [-0.05, 0) is 18.6 Å². The lowest BCUT2D eigenvalue weighted by molar-refractivity contribution is 0.198. The van der Waals surface area contributed by atoms with Gasteiger partial charge in [-0.25, -0.2) is 4.98 Å². The summed E-state index contributed by atoms with van der Waals surface area (Å²) in [6.07, 6.45) is 2.12. The Labute approximate surface area is 88.0 Å². The molecule has 0 bridgehead atoms. The molecular weight excluding hydrogens is 192 g/mol. The van der Waals surface area contributed by atoms with Crippen LogP contribution in [0.4, 0.5) is 5.82 Å². The largest absolute Gasteiger partial charge is 0.391 e. The number of β-amino-alcohol motifs (C(OH)–C–C–N with tert-alkyl or cyclic N) is 1. The zero-order valence-corrected chi connectivity index (χ0v) is 8.35. The van der Waals surface area contributed by atoms with Gasteiger partial charge in [0.05, 0.1) is 11.7 Å². The van der Waals surface area contributed by atoms with Crippen molar-refractivity contribution in [2.45, 2.75) is 12.5 Å². The Balaban J connectivity index is 2.31. The van der Waals surface area contributed by atoms with Gasteiger partial charge < -0.3 is 15.7 Å². The van der Waals surface area contributed by atoms with E-state index in [1.54, 1.807) is 18.3 Å². The van der Waals surface area contributed by atoms with Crippen LogP contribution in [0.5, 0.6) is 0 Å². The molecule has 5 nitrogen and oxygen atoms in total. The Morgan fingerprint density at radius 1 is 1.67 bits per heavy atom. The molecule has 2 heterocycles. The van der Waals surface area contributed by atoms with E-state index < -0.39 is 0 Å². The van der Waals surface area contributed by atoms with Crippen molar-refractivity contribution in [3.63, 3.8) is 0 Å². The fraction of sp³-hybridized carbons (Fsp3) is 0.400. The van der Waals surface area contributed by atoms with Gasteiger partial charge in [-0.15, -0.1) is 0 Å². The predicted octanol–water partition coefficient (Wildman–Crippen LogP) is -0.0633. The van der Waals surface area contributed by atoms with Crippen LogP contribution in [0.15, 0.2) is 18.3 Å². The zero-order valence-electron chi connectivity index (χ0n) is 8.35. The van der Waals surface area contributed by atoms with E-state index in [4.69, 9.17) is 11.1 Å². The average Bonchev–Trinajstić information content (AvgIpc) is 2.65. The SMILES string of the molecule is N=C(N)c1cccnc1N1CCC(O)C1. The fourth-order valence-corrected chi connectivity index (χ4v) is 1.79. The number of pyridine rings is 1. The summed E-state index contributed by atoms with van der Waals surface area (Å²) < 4.78 is 0. The summed E-state index contributed by atoms with van der Waals surface area (Å²) >= 11 is 0. The maximum atomic E-state index is 9.44. The smallest absolute Gasteiger partial charge is 0.139 e. The second-order valence-corrected chi connectivity index (χ2v) is 3.68. The highest BCUT2D eigenvalue weighted by atomic mass is 16.3. The average molecular weight is 206 g/mol. The molecule has 1 aliphatic heterocycles. The molecule has 4 N–H and O–H groups in total. The second kappa shape index (κ2) is 3.86. The van der Waals surface area contributed by atoms with Gasteiger partial charge in [0.25, 0.3) is 0 Å². The van der Waals surface area contributed by atoms with E-state index in [0.717, 1.165) is 13.0 Å². The van der Waals surface area contributed by atoms with Crippen LogP contribution in [0.3, 0.4) is 0 Å². The molecule has 0 saturated carbocycles. The van der Waals surface area contributed by atoms with Crippen LogP contribution >= 0.6 is 0 Å². The van der Waals surface area contributed by atoms with Gasteiger partial charge in [0.15, 0.2) is 0 Å². The van der Waals surface area contributed by atoms with E-state index in [-0.39, 0.29) is 11.9 Å². The van der Waals surface area contributed by atoms with Crippen LogP contribution in [0.2, 0.25) is 0 Å².